The van der Waals surface area contributed by atoms with E-state index in [0.717, 1.165) is 23.2 Å². The summed E-state index contributed by atoms with van der Waals surface area (Å²) >= 11 is 0. The molecule has 1 heterocycles. The van der Waals surface area contributed by atoms with Gasteiger partial charge in [-0.15, -0.1) is 0 Å². The third-order valence-electron chi connectivity index (χ3n) is 4.26. The fraction of sp³-hybridized carbons (Fsp3) is 0.400. The first-order valence-electron chi connectivity index (χ1n) is 8.32. The second-order valence-electron chi connectivity index (χ2n) is 6.62. The van der Waals surface area contributed by atoms with Gasteiger partial charge in [0.15, 0.2) is 0 Å². The van der Waals surface area contributed by atoms with Crippen LogP contribution in [0.3, 0.4) is 0 Å². The van der Waals surface area contributed by atoms with Crippen molar-refractivity contribution < 1.29 is 9.90 Å². The Morgan fingerprint density at radius 1 is 1.29 bits per heavy atom. The van der Waals surface area contributed by atoms with E-state index in [1.165, 1.54) is 0 Å². The van der Waals surface area contributed by atoms with Gasteiger partial charge in [-0.2, -0.15) is 5.26 Å². The van der Waals surface area contributed by atoms with Crippen molar-refractivity contribution in [3.63, 3.8) is 0 Å². The molecule has 2 rings (SSSR count). The lowest BCUT2D eigenvalue weighted by atomic mass is 9.79. The van der Waals surface area contributed by atoms with Gasteiger partial charge in [-0.1, -0.05) is 50.6 Å². The Kier molecular flexibility index (Phi) is 5.46. The van der Waals surface area contributed by atoms with Gasteiger partial charge < -0.3 is 10.4 Å². The smallest absolute Gasteiger partial charge is 0.334 e. The molecule has 1 aromatic rings. The third-order valence-corrected chi connectivity index (χ3v) is 4.26. The summed E-state index contributed by atoms with van der Waals surface area (Å²) in [4.78, 5) is 11.9. The summed E-state index contributed by atoms with van der Waals surface area (Å²) in [6.45, 7) is 8.10. The zero-order chi connectivity index (χ0) is 17.9. The maximum Gasteiger partial charge on any atom is 0.334 e. The van der Waals surface area contributed by atoms with Crippen LogP contribution in [0, 0.1) is 24.2 Å². The number of nitriles is 1. The van der Waals surface area contributed by atoms with Crippen LogP contribution in [0.25, 0.3) is 0 Å². The quantitative estimate of drug-likeness (QED) is 0.849. The molecule has 1 atom stereocenters. The number of benzene rings is 1. The second-order valence-corrected chi connectivity index (χ2v) is 6.62. The van der Waals surface area contributed by atoms with Crippen molar-refractivity contribution in [2.75, 3.05) is 0 Å². The van der Waals surface area contributed by atoms with E-state index >= 15 is 0 Å². The van der Waals surface area contributed by atoms with E-state index < -0.39 is 11.9 Å². The Morgan fingerprint density at radius 2 is 1.92 bits per heavy atom. The van der Waals surface area contributed by atoms with Crippen LogP contribution in [0.5, 0.6) is 0 Å². The van der Waals surface area contributed by atoms with Gasteiger partial charge in [0.2, 0.25) is 0 Å². The van der Waals surface area contributed by atoms with Gasteiger partial charge in [0, 0.05) is 11.4 Å². The van der Waals surface area contributed by atoms with E-state index in [-0.39, 0.29) is 5.57 Å². The van der Waals surface area contributed by atoms with E-state index in [2.05, 4.69) is 25.2 Å². The molecule has 0 aromatic heterocycles. The minimum atomic E-state index is -0.971. The molecule has 0 saturated carbocycles. The van der Waals surface area contributed by atoms with Gasteiger partial charge in [-0.25, -0.2) is 4.79 Å². The Morgan fingerprint density at radius 3 is 2.38 bits per heavy atom. The van der Waals surface area contributed by atoms with Gasteiger partial charge in [0.05, 0.1) is 23.1 Å². The molecule has 1 aromatic carbocycles. The normalized spacial score (nSPS) is 17.8. The summed E-state index contributed by atoms with van der Waals surface area (Å²) in [5.74, 6) is -1.11. The maximum atomic E-state index is 11.9. The zero-order valence-corrected chi connectivity index (χ0v) is 14.7. The average molecular weight is 324 g/mol. The molecule has 0 bridgehead atoms. The molecule has 0 spiro atoms. The first kappa shape index (κ1) is 17.8. The molecular formula is C20H24N2O2. The SMILES string of the molecule is CCC1=C(C(=O)O)C(c2ccc(C)cc2)C(C#N)=C(CC(C)C)N1. The van der Waals surface area contributed by atoms with Crippen LogP contribution in [0.4, 0.5) is 0 Å². The van der Waals surface area contributed by atoms with Crippen molar-refractivity contribution in [3.05, 3.63) is 57.9 Å². The number of hydrogen-bond acceptors (Lipinski definition) is 3. The molecule has 0 amide bonds. The Bertz CT molecular complexity index is 734. The highest BCUT2D eigenvalue weighted by atomic mass is 16.4. The maximum absolute atomic E-state index is 11.9. The predicted octanol–water partition coefficient (Wildman–Crippen LogP) is 4.25. The predicted molar refractivity (Wildman–Crippen MR) is 94.1 cm³/mol. The van der Waals surface area contributed by atoms with Crippen LogP contribution in [0.2, 0.25) is 0 Å². The van der Waals surface area contributed by atoms with Gasteiger partial charge >= 0.3 is 5.97 Å². The first-order valence-corrected chi connectivity index (χ1v) is 8.32. The van der Waals surface area contributed by atoms with Gasteiger partial charge in [-0.05, 0) is 31.2 Å². The van der Waals surface area contributed by atoms with Crippen LogP contribution >= 0.6 is 0 Å². The van der Waals surface area contributed by atoms with Crippen LogP contribution < -0.4 is 5.32 Å². The number of aryl methyl sites for hydroxylation is 1. The van der Waals surface area contributed by atoms with E-state index in [1.54, 1.807) is 0 Å². The summed E-state index contributed by atoms with van der Waals surface area (Å²) in [7, 11) is 0. The van der Waals surface area contributed by atoms with Crippen molar-refractivity contribution in [3.8, 4) is 6.07 Å². The number of carboxylic acid groups (broad SMARTS) is 1. The van der Waals surface area contributed by atoms with Crippen molar-refractivity contribution in [2.45, 2.75) is 46.5 Å². The van der Waals surface area contributed by atoms with Crippen molar-refractivity contribution in [1.82, 2.24) is 5.32 Å². The number of carboxylic acids is 1. The number of rotatable bonds is 5. The number of allylic oxidation sites excluding steroid dienone is 3. The molecule has 24 heavy (non-hydrogen) atoms. The minimum absolute atomic E-state index is 0.283. The summed E-state index contributed by atoms with van der Waals surface area (Å²) in [5, 5.41) is 22.8. The largest absolute Gasteiger partial charge is 0.478 e. The highest BCUT2D eigenvalue weighted by molar-refractivity contribution is 5.91. The molecule has 4 nitrogen and oxygen atoms in total. The molecule has 0 saturated heterocycles. The van der Waals surface area contributed by atoms with Crippen molar-refractivity contribution >= 4 is 5.97 Å². The molecule has 1 unspecified atom stereocenters. The highest BCUT2D eigenvalue weighted by Gasteiger charge is 2.34. The van der Waals surface area contributed by atoms with Crippen LogP contribution in [-0.2, 0) is 4.79 Å². The Hall–Kier alpha value is -2.54. The monoisotopic (exact) mass is 324 g/mol. The molecule has 1 aliphatic rings. The number of nitrogens with one attached hydrogen (secondary N) is 1. The first-order chi connectivity index (χ1) is 11.4. The number of nitrogens with zero attached hydrogens (tertiary/aromatic N) is 1. The summed E-state index contributed by atoms with van der Waals surface area (Å²) < 4.78 is 0. The lowest BCUT2D eigenvalue weighted by Gasteiger charge is -2.30. The number of hydrogen-bond donors (Lipinski definition) is 2. The molecular weight excluding hydrogens is 300 g/mol. The molecule has 126 valence electrons. The number of dihydropyridines is 1. The standard InChI is InChI=1S/C20H24N2O2/c1-5-16-19(20(23)24)18(14-8-6-13(4)7-9-14)15(11-21)17(22-16)10-12(2)3/h6-9,12,18,22H,5,10H2,1-4H3,(H,23,24). The van der Waals surface area contributed by atoms with Gasteiger partial charge in [0.1, 0.15) is 0 Å². The van der Waals surface area contributed by atoms with E-state index in [4.69, 9.17) is 0 Å². The van der Waals surface area contributed by atoms with E-state index in [9.17, 15) is 15.2 Å². The molecule has 4 heteroatoms. The van der Waals surface area contributed by atoms with Crippen LogP contribution in [0.15, 0.2) is 46.8 Å². The van der Waals surface area contributed by atoms with Crippen LogP contribution in [-0.4, -0.2) is 11.1 Å². The summed E-state index contributed by atoms with van der Waals surface area (Å²) in [6.07, 6.45) is 1.31. The van der Waals surface area contributed by atoms with Crippen molar-refractivity contribution in [1.29, 1.82) is 5.26 Å². The van der Waals surface area contributed by atoms with Gasteiger partial charge in [-0.3, -0.25) is 0 Å². The average Bonchev–Trinajstić information content (AvgIpc) is 2.53. The highest BCUT2D eigenvalue weighted by Crippen LogP contribution is 2.39. The van der Waals surface area contributed by atoms with Crippen molar-refractivity contribution in [2.24, 2.45) is 5.92 Å². The molecule has 0 aliphatic carbocycles. The second kappa shape index (κ2) is 7.35. The van der Waals surface area contributed by atoms with Crippen LogP contribution in [0.1, 0.15) is 50.7 Å². The van der Waals surface area contributed by atoms with E-state index in [0.29, 0.717) is 23.6 Å². The molecule has 0 radical (unpaired) electrons. The number of carbonyl (C=O) groups is 1. The number of aliphatic carboxylic acids is 1. The Balaban J connectivity index is 2.67. The summed E-state index contributed by atoms with van der Waals surface area (Å²) in [6, 6.07) is 10.0. The Labute approximate surface area is 143 Å². The lowest BCUT2D eigenvalue weighted by molar-refractivity contribution is -0.133. The zero-order valence-electron chi connectivity index (χ0n) is 14.7. The lowest BCUT2D eigenvalue weighted by Crippen LogP contribution is -2.30. The third kappa shape index (κ3) is 3.51. The summed E-state index contributed by atoms with van der Waals surface area (Å²) in [5.41, 5.74) is 4.30. The molecule has 2 N–H and O–H groups in total. The van der Waals surface area contributed by atoms with E-state index in [1.807, 2.05) is 38.1 Å². The topological polar surface area (TPSA) is 73.1 Å². The molecule has 1 aliphatic heterocycles. The fourth-order valence-corrected chi connectivity index (χ4v) is 3.13. The fourth-order valence-electron chi connectivity index (χ4n) is 3.13. The molecule has 0 fully saturated rings. The van der Waals surface area contributed by atoms with Gasteiger partial charge in [0.25, 0.3) is 0 Å². The minimum Gasteiger partial charge on any atom is -0.478 e.